The molecule has 0 N–H and O–H groups in total. The van der Waals surface area contributed by atoms with Crippen molar-refractivity contribution in [3.63, 3.8) is 0 Å². The SMILES string of the molecule is Cn1c(C2CCN(C(=O)Cn3cnnn3)CC2)nc2ccccc21. The third kappa shape index (κ3) is 2.64. The molecule has 0 bridgehead atoms. The summed E-state index contributed by atoms with van der Waals surface area (Å²) in [6, 6.07) is 8.19. The van der Waals surface area contributed by atoms with Gasteiger partial charge in [-0.25, -0.2) is 9.67 Å². The summed E-state index contributed by atoms with van der Waals surface area (Å²) in [4.78, 5) is 19.0. The van der Waals surface area contributed by atoms with E-state index in [-0.39, 0.29) is 12.5 Å². The van der Waals surface area contributed by atoms with E-state index in [2.05, 4.69) is 33.2 Å². The lowest BCUT2D eigenvalue weighted by molar-refractivity contribution is -0.133. The van der Waals surface area contributed by atoms with Gasteiger partial charge in [-0.1, -0.05) is 12.1 Å². The van der Waals surface area contributed by atoms with E-state index in [1.165, 1.54) is 11.0 Å². The number of hydrogen-bond acceptors (Lipinski definition) is 5. The second kappa shape index (κ2) is 6.03. The number of aromatic nitrogens is 6. The highest BCUT2D eigenvalue weighted by molar-refractivity contribution is 5.76. The molecule has 1 aliphatic rings. The molecule has 1 amide bonds. The van der Waals surface area contributed by atoms with E-state index in [0.717, 1.165) is 42.8 Å². The van der Waals surface area contributed by atoms with Crippen LogP contribution in [0.3, 0.4) is 0 Å². The predicted molar refractivity (Wildman–Crippen MR) is 87.1 cm³/mol. The lowest BCUT2D eigenvalue weighted by Gasteiger charge is -2.31. The quantitative estimate of drug-likeness (QED) is 0.716. The predicted octanol–water partition coefficient (Wildman–Crippen LogP) is 0.966. The van der Waals surface area contributed by atoms with Crippen molar-refractivity contribution in [2.24, 2.45) is 7.05 Å². The third-order valence-corrected chi connectivity index (χ3v) is 4.72. The molecular weight excluding hydrogens is 306 g/mol. The van der Waals surface area contributed by atoms with Gasteiger partial charge in [0.05, 0.1) is 11.0 Å². The van der Waals surface area contributed by atoms with Crippen molar-refractivity contribution in [1.82, 2.24) is 34.7 Å². The molecule has 0 atom stereocenters. The van der Waals surface area contributed by atoms with Crippen LogP contribution in [0.15, 0.2) is 30.6 Å². The van der Waals surface area contributed by atoms with Crippen LogP contribution in [0, 0.1) is 0 Å². The van der Waals surface area contributed by atoms with Gasteiger partial charge in [-0.2, -0.15) is 0 Å². The Kier molecular flexibility index (Phi) is 3.72. The minimum Gasteiger partial charge on any atom is -0.341 e. The van der Waals surface area contributed by atoms with Crippen LogP contribution >= 0.6 is 0 Å². The molecule has 2 aromatic heterocycles. The molecule has 1 aromatic carbocycles. The average Bonchev–Trinajstić information content (AvgIpc) is 3.23. The highest BCUT2D eigenvalue weighted by Gasteiger charge is 2.27. The minimum atomic E-state index is 0.0609. The number of piperidine rings is 1. The fraction of sp³-hybridized carbons (Fsp3) is 0.438. The molecule has 4 rings (SSSR count). The van der Waals surface area contributed by atoms with E-state index in [0.29, 0.717) is 5.92 Å². The van der Waals surface area contributed by atoms with Gasteiger partial charge in [0.1, 0.15) is 18.7 Å². The van der Waals surface area contributed by atoms with Gasteiger partial charge in [0.15, 0.2) is 0 Å². The Morgan fingerprint density at radius 3 is 2.75 bits per heavy atom. The number of hydrogen-bond donors (Lipinski definition) is 0. The summed E-state index contributed by atoms with van der Waals surface area (Å²) in [6.45, 7) is 1.69. The van der Waals surface area contributed by atoms with Gasteiger partial charge in [-0.05, 0) is 35.4 Å². The second-order valence-corrected chi connectivity index (χ2v) is 6.18. The Morgan fingerprint density at radius 2 is 2.04 bits per heavy atom. The van der Waals surface area contributed by atoms with Gasteiger partial charge in [-0.15, -0.1) is 5.10 Å². The van der Waals surface area contributed by atoms with Crippen molar-refractivity contribution in [2.45, 2.75) is 25.3 Å². The van der Waals surface area contributed by atoms with Crippen molar-refractivity contribution in [2.75, 3.05) is 13.1 Å². The molecule has 0 unspecified atom stereocenters. The first-order chi connectivity index (χ1) is 11.7. The topological polar surface area (TPSA) is 81.7 Å². The molecule has 124 valence electrons. The summed E-state index contributed by atoms with van der Waals surface area (Å²) < 4.78 is 3.64. The van der Waals surface area contributed by atoms with Crippen LogP contribution in [0.5, 0.6) is 0 Å². The molecule has 0 saturated carbocycles. The number of nitrogens with zero attached hydrogens (tertiary/aromatic N) is 7. The highest BCUT2D eigenvalue weighted by atomic mass is 16.2. The van der Waals surface area contributed by atoms with Gasteiger partial charge in [0.25, 0.3) is 0 Å². The summed E-state index contributed by atoms with van der Waals surface area (Å²) in [7, 11) is 2.07. The number of para-hydroxylation sites is 2. The zero-order valence-corrected chi connectivity index (χ0v) is 13.5. The van der Waals surface area contributed by atoms with Crippen molar-refractivity contribution in [3.8, 4) is 0 Å². The molecule has 1 fully saturated rings. The fourth-order valence-corrected chi connectivity index (χ4v) is 3.41. The van der Waals surface area contributed by atoms with Crippen molar-refractivity contribution < 1.29 is 4.79 Å². The Morgan fingerprint density at radius 1 is 1.25 bits per heavy atom. The number of fused-ring (bicyclic) bond motifs is 1. The highest BCUT2D eigenvalue weighted by Crippen LogP contribution is 2.29. The second-order valence-electron chi connectivity index (χ2n) is 6.18. The van der Waals surface area contributed by atoms with E-state index >= 15 is 0 Å². The number of carbonyl (C=O) groups is 1. The third-order valence-electron chi connectivity index (χ3n) is 4.72. The van der Waals surface area contributed by atoms with Crippen LogP contribution in [-0.4, -0.2) is 53.7 Å². The molecule has 24 heavy (non-hydrogen) atoms. The monoisotopic (exact) mass is 325 g/mol. The van der Waals surface area contributed by atoms with Gasteiger partial charge in [0, 0.05) is 26.1 Å². The van der Waals surface area contributed by atoms with Gasteiger partial charge in [0.2, 0.25) is 5.91 Å². The summed E-state index contributed by atoms with van der Waals surface area (Å²) in [5, 5.41) is 10.9. The smallest absolute Gasteiger partial charge is 0.244 e. The Balaban J connectivity index is 1.43. The molecule has 1 aliphatic heterocycles. The molecule has 3 heterocycles. The number of imidazole rings is 1. The number of benzene rings is 1. The van der Waals surface area contributed by atoms with Crippen LogP contribution in [0.1, 0.15) is 24.6 Å². The maximum Gasteiger partial charge on any atom is 0.244 e. The minimum absolute atomic E-state index is 0.0609. The molecule has 8 nitrogen and oxygen atoms in total. The van der Waals surface area contributed by atoms with Gasteiger partial charge in [-0.3, -0.25) is 4.79 Å². The van der Waals surface area contributed by atoms with E-state index in [1.54, 1.807) is 0 Å². The average molecular weight is 325 g/mol. The van der Waals surface area contributed by atoms with Crippen molar-refractivity contribution in [3.05, 3.63) is 36.4 Å². The van der Waals surface area contributed by atoms with Crippen LogP contribution in [0.25, 0.3) is 11.0 Å². The molecule has 3 aromatic rings. The summed E-state index contributed by atoms with van der Waals surface area (Å²) in [5.74, 6) is 1.56. The maximum absolute atomic E-state index is 12.3. The largest absolute Gasteiger partial charge is 0.341 e. The van der Waals surface area contributed by atoms with Gasteiger partial charge < -0.3 is 9.47 Å². The first-order valence-corrected chi connectivity index (χ1v) is 8.12. The molecule has 0 aliphatic carbocycles. The first kappa shape index (κ1) is 14.8. The summed E-state index contributed by atoms with van der Waals surface area (Å²) in [5.41, 5.74) is 2.19. The summed E-state index contributed by atoms with van der Waals surface area (Å²) >= 11 is 0. The van der Waals surface area contributed by atoms with Crippen LogP contribution in [-0.2, 0) is 18.4 Å². The zero-order valence-electron chi connectivity index (χ0n) is 13.5. The van der Waals surface area contributed by atoms with Crippen molar-refractivity contribution >= 4 is 16.9 Å². The number of amides is 1. The van der Waals surface area contributed by atoms with Crippen LogP contribution in [0.4, 0.5) is 0 Å². The molecule has 1 saturated heterocycles. The Hall–Kier alpha value is -2.77. The molecular formula is C16H19N7O. The van der Waals surface area contributed by atoms with E-state index in [4.69, 9.17) is 4.98 Å². The van der Waals surface area contributed by atoms with Crippen molar-refractivity contribution in [1.29, 1.82) is 0 Å². The fourth-order valence-electron chi connectivity index (χ4n) is 3.41. The number of likely N-dealkylation sites (tertiary alicyclic amines) is 1. The lowest BCUT2D eigenvalue weighted by Crippen LogP contribution is -2.40. The van der Waals surface area contributed by atoms with Crippen LogP contribution in [0.2, 0.25) is 0 Å². The summed E-state index contributed by atoms with van der Waals surface area (Å²) in [6.07, 6.45) is 3.32. The number of tetrazole rings is 1. The number of aryl methyl sites for hydroxylation is 1. The lowest BCUT2D eigenvalue weighted by atomic mass is 9.96. The maximum atomic E-state index is 12.3. The molecule has 0 radical (unpaired) electrons. The Bertz CT molecular complexity index is 847. The van der Waals surface area contributed by atoms with Gasteiger partial charge >= 0.3 is 0 Å². The number of rotatable bonds is 3. The Labute approximate surface area is 139 Å². The number of carbonyl (C=O) groups excluding carboxylic acids is 1. The molecule has 8 heteroatoms. The standard InChI is InChI=1S/C16H19N7O/c1-21-14-5-3-2-4-13(14)18-16(21)12-6-8-22(9-7-12)15(24)10-23-11-17-19-20-23/h2-5,11-12H,6-10H2,1H3. The van der Waals surface area contributed by atoms with E-state index < -0.39 is 0 Å². The van der Waals surface area contributed by atoms with E-state index in [9.17, 15) is 4.79 Å². The zero-order chi connectivity index (χ0) is 16.5. The van der Waals surface area contributed by atoms with E-state index in [1.807, 2.05) is 23.1 Å². The first-order valence-electron chi connectivity index (χ1n) is 8.12. The molecule has 0 spiro atoms. The van der Waals surface area contributed by atoms with Crippen LogP contribution < -0.4 is 0 Å². The normalized spacial score (nSPS) is 16.0.